The van der Waals surface area contributed by atoms with Gasteiger partial charge >= 0.3 is 0 Å². The van der Waals surface area contributed by atoms with Gasteiger partial charge in [-0.15, -0.1) is 0 Å². The van der Waals surface area contributed by atoms with Crippen LogP contribution in [-0.4, -0.2) is 0 Å². The number of hydrogen-bond donors (Lipinski definition) is 0. The second-order valence-electron chi connectivity index (χ2n) is 12.5. The number of benzene rings is 8. The van der Waals surface area contributed by atoms with Crippen LogP contribution in [0.1, 0.15) is 25.0 Å². The zero-order chi connectivity index (χ0) is 28.7. The lowest BCUT2D eigenvalue weighted by Crippen LogP contribution is -2.14. The van der Waals surface area contributed by atoms with Crippen molar-refractivity contribution in [1.29, 1.82) is 0 Å². The highest BCUT2D eigenvalue weighted by molar-refractivity contribution is 6.25. The smallest absolute Gasteiger partial charge is 0.0159 e. The molecule has 0 heteroatoms. The van der Waals surface area contributed by atoms with E-state index in [0.717, 1.165) is 0 Å². The van der Waals surface area contributed by atoms with Gasteiger partial charge in [-0.25, -0.2) is 0 Å². The van der Waals surface area contributed by atoms with E-state index >= 15 is 0 Å². The molecule has 8 aromatic rings. The Kier molecular flexibility index (Phi) is 5.05. The topological polar surface area (TPSA) is 0 Å². The van der Waals surface area contributed by atoms with Crippen LogP contribution in [0.3, 0.4) is 0 Å². The fraction of sp³-hybridized carbons (Fsp3) is 0.0698. The molecule has 0 radical (unpaired) electrons. The first-order valence-electron chi connectivity index (χ1n) is 15.2. The van der Waals surface area contributed by atoms with Crippen molar-refractivity contribution in [1.82, 2.24) is 0 Å². The van der Waals surface area contributed by atoms with Gasteiger partial charge < -0.3 is 0 Å². The minimum absolute atomic E-state index is 0.0442. The Bertz CT molecular complexity index is 2360. The SMILES string of the molecule is CC1(C)c2ccccc2-c2ccc(-c3c4ccccc4c(-c4cc5ccccc5c5ccccc45)c4ccccc34)cc21. The zero-order valence-corrected chi connectivity index (χ0v) is 24.4. The maximum atomic E-state index is 2.47. The minimum atomic E-state index is -0.0442. The van der Waals surface area contributed by atoms with Crippen LogP contribution in [0.4, 0.5) is 0 Å². The van der Waals surface area contributed by atoms with Crippen LogP contribution in [0, 0.1) is 0 Å². The fourth-order valence-corrected chi connectivity index (χ4v) is 7.85. The van der Waals surface area contributed by atoms with E-state index in [-0.39, 0.29) is 5.41 Å². The van der Waals surface area contributed by atoms with E-state index in [2.05, 4.69) is 159 Å². The van der Waals surface area contributed by atoms with Crippen LogP contribution in [0.15, 0.2) is 146 Å². The van der Waals surface area contributed by atoms with E-state index in [4.69, 9.17) is 0 Å². The molecule has 0 heterocycles. The van der Waals surface area contributed by atoms with E-state index in [1.165, 1.54) is 87.6 Å². The quantitative estimate of drug-likeness (QED) is 0.149. The predicted molar refractivity (Wildman–Crippen MR) is 185 cm³/mol. The van der Waals surface area contributed by atoms with Crippen LogP contribution in [0.5, 0.6) is 0 Å². The average Bonchev–Trinajstić information content (AvgIpc) is 3.29. The molecule has 0 nitrogen and oxygen atoms in total. The van der Waals surface area contributed by atoms with Crippen molar-refractivity contribution < 1.29 is 0 Å². The number of rotatable bonds is 2. The molecule has 0 saturated heterocycles. The Labute approximate surface area is 251 Å². The molecule has 0 N–H and O–H groups in total. The van der Waals surface area contributed by atoms with Crippen molar-refractivity contribution in [2.45, 2.75) is 19.3 Å². The lowest BCUT2D eigenvalue weighted by Gasteiger charge is -2.23. The maximum Gasteiger partial charge on any atom is 0.0159 e. The van der Waals surface area contributed by atoms with Crippen molar-refractivity contribution in [3.63, 3.8) is 0 Å². The molecule has 0 fully saturated rings. The molecular weight excluding hydrogens is 516 g/mol. The van der Waals surface area contributed by atoms with Crippen LogP contribution in [0.25, 0.3) is 76.5 Å². The van der Waals surface area contributed by atoms with Gasteiger partial charge in [-0.05, 0) is 99.7 Å². The third-order valence-corrected chi connectivity index (χ3v) is 9.84. The Morgan fingerprint density at radius 2 is 0.860 bits per heavy atom. The van der Waals surface area contributed by atoms with Gasteiger partial charge in [0.2, 0.25) is 0 Å². The van der Waals surface area contributed by atoms with Crippen LogP contribution < -0.4 is 0 Å². The molecule has 0 spiro atoms. The second-order valence-corrected chi connectivity index (χ2v) is 12.5. The van der Waals surface area contributed by atoms with Gasteiger partial charge in [0, 0.05) is 5.41 Å². The molecular formula is C43H30. The van der Waals surface area contributed by atoms with Crippen molar-refractivity contribution in [3.8, 4) is 33.4 Å². The van der Waals surface area contributed by atoms with Crippen molar-refractivity contribution in [2.24, 2.45) is 0 Å². The first-order valence-corrected chi connectivity index (χ1v) is 15.2. The summed E-state index contributed by atoms with van der Waals surface area (Å²) in [6.07, 6.45) is 0. The van der Waals surface area contributed by atoms with Gasteiger partial charge in [0.1, 0.15) is 0 Å². The summed E-state index contributed by atoms with van der Waals surface area (Å²) in [5, 5.41) is 10.3. The Morgan fingerprint density at radius 1 is 0.349 bits per heavy atom. The highest BCUT2D eigenvalue weighted by Crippen LogP contribution is 2.51. The fourth-order valence-electron chi connectivity index (χ4n) is 7.85. The molecule has 0 unspecified atom stereocenters. The molecule has 0 amide bonds. The summed E-state index contributed by atoms with van der Waals surface area (Å²) in [4.78, 5) is 0. The molecule has 9 rings (SSSR count). The predicted octanol–water partition coefficient (Wildman–Crippen LogP) is 11.9. The summed E-state index contributed by atoms with van der Waals surface area (Å²) in [5.41, 5.74) is 10.7. The molecule has 1 aliphatic rings. The third-order valence-electron chi connectivity index (χ3n) is 9.84. The van der Waals surface area contributed by atoms with Gasteiger partial charge in [0.05, 0.1) is 0 Å². The summed E-state index contributed by atoms with van der Waals surface area (Å²) in [6.45, 7) is 4.73. The van der Waals surface area contributed by atoms with Gasteiger partial charge in [-0.2, -0.15) is 0 Å². The lowest BCUT2D eigenvalue weighted by atomic mass is 9.80. The summed E-state index contributed by atoms with van der Waals surface area (Å²) in [7, 11) is 0. The highest BCUT2D eigenvalue weighted by atomic mass is 14.4. The number of fused-ring (bicyclic) bond motifs is 8. The molecule has 0 atom stereocenters. The Morgan fingerprint density at radius 3 is 1.56 bits per heavy atom. The summed E-state index contributed by atoms with van der Waals surface area (Å²) >= 11 is 0. The van der Waals surface area contributed by atoms with E-state index in [1.54, 1.807) is 0 Å². The summed E-state index contributed by atoms with van der Waals surface area (Å²) in [6, 6.07) is 54.2. The van der Waals surface area contributed by atoms with Crippen molar-refractivity contribution in [2.75, 3.05) is 0 Å². The Hall–Kier alpha value is -5.20. The van der Waals surface area contributed by atoms with Gasteiger partial charge in [-0.1, -0.05) is 147 Å². The monoisotopic (exact) mass is 546 g/mol. The van der Waals surface area contributed by atoms with Gasteiger partial charge in [0.15, 0.2) is 0 Å². The molecule has 1 aliphatic carbocycles. The second kappa shape index (κ2) is 8.90. The van der Waals surface area contributed by atoms with Crippen LogP contribution in [0.2, 0.25) is 0 Å². The molecule has 0 aliphatic heterocycles. The first-order chi connectivity index (χ1) is 21.1. The largest absolute Gasteiger partial charge is 0.0619 e. The molecule has 8 aromatic carbocycles. The molecule has 43 heavy (non-hydrogen) atoms. The summed E-state index contributed by atoms with van der Waals surface area (Å²) in [5.74, 6) is 0. The molecule has 0 bridgehead atoms. The van der Waals surface area contributed by atoms with E-state index in [9.17, 15) is 0 Å². The maximum absolute atomic E-state index is 2.47. The Balaban J connectivity index is 1.39. The van der Waals surface area contributed by atoms with Gasteiger partial charge in [-0.3, -0.25) is 0 Å². The third kappa shape index (κ3) is 3.38. The van der Waals surface area contributed by atoms with Crippen molar-refractivity contribution >= 4 is 43.1 Å². The van der Waals surface area contributed by atoms with E-state index < -0.39 is 0 Å². The minimum Gasteiger partial charge on any atom is -0.0619 e. The van der Waals surface area contributed by atoms with Crippen LogP contribution >= 0.6 is 0 Å². The van der Waals surface area contributed by atoms with E-state index in [0.29, 0.717) is 0 Å². The van der Waals surface area contributed by atoms with Crippen LogP contribution in [-0.2, 0) is 5.41 Å². The van der Waals surface area contributed by atoms with E-state index in [1.807, 2.05) is 0 Å². The summed E-state index contributed by atoms with van der Waals surface area (Å²) < 4.78 is 0. The molecule has 0 aromatic heterocycles. The highest BCUT2D eigenvalue weighted by Gasteiger charge is 2.35. The normalized spacial score (nSPS) is 13.5. The standard InChI is InChI=1S/C43H30/c1-43(2)39-22-12-11-17-32(39)33-24-23-28(26-40(33)43)41-34-18-7-9-20-36(34)42(37-21-10-8-19-35(37)41)38-25-27-13-3-4-14-29(27)30-15-5-6-16-31(30)38/h3-26H,1-2H3. The average molecular weight is 547 g/mol. The van der Waals surface area contributed by atoms with Crippen molar-refractivity contribution in [3.05, 3.63) is 157 Å². The molecule has 202 valence electrons. The number of hydrogen-bond acceptors (Lipinski definition) is 0. The van der Waals surface area contributed by atoms with Gasteiger partial charge in [0.25, 0.3) is 0 Å². The first kappa shape index (κ1) is 24.4. The lowest BCUT2D eigenvalue weighted by molar-refractivity contribution is 0.660. The zero-order valence-electron chi connectivity index (χ0n) is 24.4. The molecule has 0 saturated carbocycles.